The van der Waals surface area contributed by atoms with Crippen molar-refractivity contribution in [2.45, 2.75) is 43.2 Å². The molecule has 0 aliphatic carbocycles. The molecule has 3 heterocycles. The lowest BCUT2D eigenvalue weighted by atomic mass is 10.0. The van der Waals surface area contributed by atoms with Crippen molar-refractivity contribution in [3.05, 3.63) is 72.0 Å². The number of para-hydroxylation sites is 2. The Morgan fingerprint density at radius 1 is 0.977 bits per heavy atom. The van der Waals surface area contributed by atoms with Crippen molar-refractivity contribution in [1.29, 1.82) is 0 Å². The summed E-state index contributed by atoms with van der Waals surface area (Å²) in [6.45, 7) is 4.38. The first-order valence-corrected chi connectivity index (χ1v) is 16.3. The van der Waals surface area contributed by atoms with Crippen molar-refractivity contribution in [3.63, 3.8) is 0 Å². The van der Waals surface area contributed by atoms with Crippen LogP contribution in [-0.2, 0) is 16.6 Å². The Labute approximate surface area is 256 Å². The van der Waals surface area contributed by atoms with Gasteiger partial charge in [0.25, 0.3) is 0 Å². The van der Waals surface area contributed by atoms with Crippen LogP contribution in [0.15, 0.2) is 70.2 Å². The van der Waals surface area contributed by atoms with E-state index in [1.165, 1.54) is 26.2 Å². The van der Waals surface area contributed by atoms with Crippen molar-refractivity contribution >= 4 is 43.7 Å². The minimum Gasteiger partial charge on any atom is -0.383 e. The molecule has 2 aromatic heterocycles. The van der Waals surface area contributed by atoms with E-state index < -0.39 is 10.0 Å². The second-order valence-corrected chi connectivity index (χ2v) is 13.5. The molecule has 0 radical (unpaired) electrons. The zero-order valence-corrected chi connectivity index (χ0v) is 25.7. The van der Waals surface area contributed by atoms with Gasteiger partial charge in [0.15, 0.2) is 11.0 Å². The minimum absolute atomic E-state index is 0.0762. The van der Waals surface area contributed by atoms with Gasteiger partial charge in [-0.25, -0.2) is 26.7 Å². The van der Waals surface area contributed by atoms with E-state index in [4.69, 9.17) is 9.61 Å². The highest BCUT2D eigenvalue weighted by Gasteiger charge is 2.25. The van der Waals surface area contributed by atoms with E-state index in [1.54, 1.807) is 12.1 Å². The molecule has 0 atom stereocenters. The molecule has 2 N–H and O–H groups in total. The molecule has 5 aromatic rings. The molecule has 1 aliphatic heterocycles. The summed E-state index contributed by atoms with van der Waals surface area (Å²) in [5, 5.41) is 14.8. The third-order valence-electron chi connectivity index (χ3n) is 8.18. The number of sulfonamides is 1. The van der Waals surface area contributed by atoms with Gasteiger partial charge in [0.2, 0.25) is 16.0 Å². The van der Waals surface area contributed by atoms with Gasteiger partial charge in [0.05, 0.1) is 23.3 Å². The van der Waals surface area contributed by atoms with Gasteiger partial charge in [-0.05, 0) is 84.5 Å². The first kappa shape index (κ1) is 30.0. The number of fused-ring (bicyclic) bond motifs is 2. The fourth-order valence-electron chi connectivity index (χ4n) is 5.68. The summed E-state index contributed by atoms with van der Waals surface area (Å²) in [5.74, 6) is 0.616. The molecule has 3 aromatic carbocycles. The van der Waals surface area contributed by atoms with Crippen molar-refractivity contribution in [2.24, 2.45) is 0 Å². The lowest BCUT2D eigenvalue weighted by Gasteiger charge is -2.32. The van der Waals surface area contributed by atoms with Gasteiger partial charge in [-0.2, -0.15) is 0 Å². The Morgan fingerprint density at radius 2 is 1.73 bits per heavy atom. The molecule has 44 heavy (non-hydrogen) atoms. The maximum absolute atomic E-state index is 13.5. The number of unbranched alkanes of at least 4 members (excludes halogenated alkanes) is 1. The number of halogens is 1. The van der Waals surface area contributed by atoms with Crippen molar-refractivity contribution < 1.29 is 17.4 Å². The number of nitrogens with zero attached hydrogens (tertiary/aromatic N) is 6. The highest BCUT2D eigenvalue weighted by Crippen LogP contribution is 2.28. The Kier molecular flexibility index (Phi) is 8.78. The molecule has 11 nitrogen and oxygen atoms in total. The number of piperidine rings is 1. The fourth-order valence-corrected chi connectivity index (χ4v) is 6.69. The van der Waals surface area contributed by atoms with Crippen LogP contribution in [0.5, 0.6) is 0 Å². The standard InChI is InChI=1S/C31H37FN8O3S/c1-38(2)44(41,42)28-14-13-26(29-30(28)37-43-36-29)33-17-5-6-18-39-19-15-24(16-20-39)34-31-35-25-7-3-4-8-27(25)40(31)21-22-9-11-23(32)12-10-22/h3-4,7-14,24,33H,5-6,15-21H2,1-2H3,(H,34,35). The summed E-state index contributed by atoms with van der Waals surface area (Å²) in [6.07, 6.45) is 4.04. The summed E-state index contributed by atoms with van der Waals surface area (Å²) < 4.78 is 46.9. The number of anilines is 2. The van der Waals surface area contributed by atoms with E-state index >= 15 is 0 Å². The monoisotopic (exact) mass is 620 g/mol. The quantitative estimate of drug-likeness (QED) is 0.190. The number of imidazole rings is 1. The maximum Gasteiger partial charge on any atom is 0.244 e. The molecule has 0 amide bonds. The molecule has 0 unspecified atom stereocenters. The van der Waals surface area contributed by atoms with Gasteiger partial charge in [-0.3, -0.25) is 0 Å². The number of likely N-dealkylation sites (tertiary alicyclic amines) is 1. The molecule has 0 bridgehead atoms. The van der Waals surface area contributed by atoms with Gasteiger partial charge in [0.1, 0.15) is 10.7 Å². The number of nitrogens with one attached hydrogen (secondary N) is 2. The van der Waals surface area contributed by atoms with Crippen LogP contribution >= 0.6 is 0 Å². The van der Waals surface area contributed by atoms with Crippen LogP contribution in [0, 0.1) is 5.82 Å². The fraction of sp³-hybridized carbons (Fsp3) is 0.387. The zero-order valence-electron chi connectivity index (χ0n) is 24.9. The van der Waals surface area contributed by atoms with E-state index in [0.29, 0.717) is 23.8 Å². The Balaban J connectivity index is 0.984. The third kappa shape index (κ3) is 6.40. The molecular formula is C31H37FN8O3S. The van der Waals surface area contributed by atoms with Gasteiger partial charge in [-0.15, -0.1) is 0 Å². The van der Waals surface area contributed by atoms with Gasteiger partial charge in [0, 0.05) is 39.8 Å². The average molecular weight is 621 g/mol. The van der Waals surface area contributed by atoms with Crippen molar-refractivity contribution in [1.82, 2.24) is 29.1 Å². The van der Waals surface area contributed by atoms with Gasteiger partial charge < -0.3 is 20.1 Å². The number of benzene rings is 3. The van der Waals surface area contributed by atoms with Crippen LogP contribution < -0.4 is 10.6 Å². The molecule has 1 saturated heterocycles. The van der Waals surface area contributed by atoms with E-state index in [1.807, 2.05) is 30.3 Å². The lowest BCUT2D eigenvalue weighted by Crippen LogP contribution is -2.40. The second kappa shape index (κ2) is 12.9. The molecular weight excluding hydrogens is 583 g/mol. The van der Waals surface area contributed by atoms with Crippen molar-refractivity contribution in [3.8, 4) is 0 Å². The predicted molar refractivity (Wildman–Crippen MR) is 169 cm³/mol. The first-order valence-electron chi connectivity index (χ1n) is 14.9. The summed E-state index contributed by atoms with van der Waals surface area (Å²) >= 11 is 0. The molecule has 6 rings (SSSR count). The average Bonchev–Trinajstić information content (AvgIpc) is 3.64. The highest BCUT2D eigenvalue weighted by molar-refractivity contribution is 7.89. The van der Waals surface area contributed by atoms with E-state index in [0.717, 1.165) is 78.7 Å². The zero-order chi connectivity index (χ0) is 30.7. The number of aromatic nitrogens is 4. The van der Waals surface area contributed by atoms with Gasteiger partial charge >= 0.3 is 0 Å². The molecule has 0 saturated carbocycles. The molecule has 1 fully saturated rings. The normalized spacial score (nSPS) is 15.0. The van der Waals surface area contributed by atoms with Crippen LogP contribution in [-0.4, -0.2) is 83.8 Å². The second-order valence-electron chi connectivity index (χ2n) is 11.4. The van der Waals surface area contributed by atoms with E-state index in [9.17, 15) is 12.8 Å². The number of hydrogen-bond acceptors (Lipinski definition) is 9. The van der Waals surface area contributed by atoms with Crippen molar-refractivity contribution in [2.75, 3.05) is 50.9 Å². The van der Waals surface area contributed by atoms with Crippen LogP contribution in [0.25, 0.3) is 22.1 Å². The summed E-state index contributed by atoms with van der Waals surface area (Å²) in [5.41, 5.74) is 4.37. The molecule has 13 heteroatoms. The third-order valence-corrected chi connectivity index (χ3v) is 10.0. The van der Waals surface area contributed by atoms with Gasteiger partial charge in [-0.1, -0.05) is 24.3 Å². The molecule has 232 valence electrons. The van der Waals surface area contributed by atoms with E-state index in [-0.39, 0.29) is 16.2 Å². The van der Waals surface area contributed by atoms with Crippen LogP contribution in [0.1, 0.15) is 31.2 Å². The first-order chi connectivity index (χ1) is 21.3. The van der Waals surface area contributed by atoms with Crippen LogP contribution in [0.3, 0.4) is 0 Å². The topological polar surface area (TPSA) is 121 Å². The largest absolute Gasteiger partial charge is 0.383 e. The van der Waals surface area contributed by atoms with Crippen LogP contribution in [0.4, 0.5) is 16.0 Å². The Hall–Kier alpha value is -4.07. The predicted octanol–water partition coefficient (Wildman–Crippen LogP) is 4.78. The summed E-state index contributed by atoms with van der Waals surface area (Å²) in [6, 6.07) is 18.3. The Bertz CT molecular complexity index is 1830. The number of rotatable bonds is 12. The smallest absolute Gasteiger partial charge is 0.244 e. The lowest BCUT2D eigenvalue weighted by molar-refractivity contribution is 0.215. The minimum atomic E-state index is -3.66. The summed E-state index contributed by atoms with van der Waals surface area (Å²) in [7, 11) is -0.697. The SMILES string of the molecule is CN(C)S(=O)(=O)c1ccc(NCCCCN2CCC(Nc3nc4ccccc4n3Cc3ccc(F)cc3)CC2)c2nonc12. The maximum atomic E-state index is 13.5. The summed E-state index contributed by atoms with van der Waals surface area (Å²) in [4.78, 5) is 7.46. The molecule has 1 aliphatic rings. The highest BCUT2D eigenvalue weighted by atomic mass is 32.2. The van der Waals surface area contributed by atoms with Crippen LogP contribution in [0.2, 0.25) is 0 Å². The van der Waals surface area contributed by atoms with E-state index in [2.05, 4.69) is 36.5 Å². The molecule has 0 spiro atoms. The Morgan fingerprint density at radius 3 is 2.50 bits per heavy atom. The number of hydrogen-bond donors (Lipinski definition) is 2.